The van der Waals surface area contributed by atoms with E-state index >= 15 is 0 Å². The zero-order valence-electron chi connectivity index (χ0n) is 12.7. The molecule has 1 unspecified atom stereocenters. The highest BCUT2D eigenvalue weighted by Gasteiger charge is 2.24. The Morgan fingerprint density at radius 2 is 2.10 bits per heavy atom. The van der Waals surface area contributed by atoms with Gasteiger partial charge in [-0.2, -0.15) is 0 Å². The van der Waals surface area contributed by atoms with E-state index in [0.29, 0.717) is 24.3 Å². The first-order valence-corrected chi connectivity index (χ1v) is 6.73. The SMILES string of the molecule is COc1cccc(F)c1C(N)CCN(C)C(C)(C)CO. The van der Waals surface area contributed by atoms with Crippen LogP contribution < -0.4 is 10.5 Å². The number of aliphatic hydroxyl groups is 1. The van der Waals surface area contributed by atoms with E-state index in [1.807, 2.05) is 25.8 Å². The standard InChI is InChI=1S/C15H25FN2O2/c1-15(2,10-19)18(3)9-8-12(17)14-11(16)6-5-7-13(14)20-4/h5-7,12,19H,8-10,17H2,1-4H3. The molecule has 0 aromatic heterocycles. The molecule has 1 aromatic carbocycles. The molecule has 0 spiro atoms. The van der Waals surface area contributed by atoms with Crippen LogP contribution in [0.3, 0.4) is 0 Å². The predicted molar refractivity (Wildman–Crippen MR) is 78.3 cm³/mol. The van der Waals surface area contributed by atoms with Crippen LogP contribution in [0.4, 0.5) is 4.39 Å². The van der Waals surface area contributed by atoms with Gasteiger partial charge in [0, 0.05) is 23.7 Å². The summed E-state index contributed by atoms with van der Waals surface area (Å²) in [6.45, 7) is 4.61. The summed E-state index contributed by atoms with van der Waals surface area (Å²) < 4.78 is 19.1. The van der Waals surface area contributed by atoms with E-state index in [0.717, 1.165) is 0 Å². The Morgan fingerprint density at radius 3 is 2.65 bits per heavy atom. The quantitative estimate of drug-likeness (QED) is 0.803. The Bertz CT molecular complexity index is 438. The van der Waals surface area contributed by atoms with Crippen LogP contribution in [0.5, 0.6) is 5.75 Å². The minimum Gasteiger partial charge on any atom is -0.496 e. The Labute approximate surface area is 120 Å². The minimum atomic E-state index is -0.442. The summed E-state index contributed by atoms with van der Waals surface area (Å²) in [4.78, 5) is 2.01. The van der Waals surface area contributed by atoms with E-state index in [-0.39, 0.29) is 18.0 Å². The number of nitrogens with two attached hydrogens (primary N) is 1. The van der Waals surface area contributed by atoms with Gasteiger partial charge in [-0.3, -0.25) is 4.90 Å². The Kier molecular flexibility index (Phi) is 5.92. The maximum absolute atomic E-state index is 13.9. The molecule has 0 radical (unpaired) electrons. The molecule has 0 bridgehead atoms. The average Bonchev–Trinajstić information content (AvgIpc) is 2.43. The van der Waals surface area contributed by atoms with Gasteiger partial charge in [-0.25, -0.2) is 4.39 Å². The van der Waals surface area contributed by atoms with Gasteiger partial charge in [0.25, 0.3) is 0 Å². The number of halogens is 1. The summed E-state index contributed by atoms with van der Waals surface area (Å²) in [7, 11) is 3.42. The second-order valence-electron chi connectivity index (χ2n) is 5.64. The molecule has 114 valence electrons. The van der Waals surface area contributed by atoms with Crippen LogP contribution in [0, 0.1) is 5.82 Å². The van der Waals surface area contributed by atoms with E-state index in [4.69, 9.17) is 10.5 Å². The van der Waals surface area contributed by atoms with Crippen LogP contribution in [-0.4, -0.2) is 42.9 Å². The number of benzene rings is 1. The van der Waals surface area contributed by atoms with Crippen LogP contribution in [0.2, 0.25) is 0 Å². The third kappa shape index (κ3) is 3.91. The fraction of sp³-hybridized carbons (Fsp3) is 0.600. The molecule has 0 amide bonds. The summed E-state index contributed by atoms with van der Waals surface area (Å²) >= 11 is 0. The predicted octanol–water partition coefficient (Wildman–Crippen LogP) is 1.93. The summed E-state index contributed by atoms with van der Waals surface area (Å²) in [5.74, 6) is 0.127. The van der Waals surface area contributed by atoms with Gasteiger partial charge < -0.3 is 15.6 Å². The maximum Gasteiger partial charge on any atom is 0.131 e. The number of ether oxygens (including phenoxy) is 1. The first-order chi connectivity index (χ1) is 9.33. The largest absolute Gasteiger partial charge is 0.496 e. The Hall–Kier alpha value is -1.17. The maximum atomic E-state index is 13.9. The highest BCUT2D eigenvalue weighted by molar-refractivity contribution is 5.37. The van der Waals surface area contributed by atoms with Gasteiger partial charge in [-0.15, -0.1) is 0 Å². The molecule has 0 aliphatic heterocycles. The number of aliphatic hydroxyl groups excluding tert-OH is 1. The van der Waals surface area contributed by atoms with Crippen molar-refractivity contribution < 1.29 is 14.2 Å². The summed E-state index contributed by atoms with van der Waals surface area (Å²) in [5.41, 5.74) is 6.18. The third-order valence-electron chi connectivity index (χ3n) is 3.80. The molecule has 1 atom stereocenters. The van der Waals surface area contributed by atoms with E-state index in [9.17, 15) is 9.50 Å². The monoisotopic (exact) mass is 284 g/mol. The molecule has 3 N–H and O–H groups in total. The van der Waals surface area contributed by atoms with Crippen LogP contribution in [0.25, 0.3) is 0 Å². The summed E-state index contributed by atoms with van der Waals surface area (Å²) in [5, 5.41) is 9.32. The minimum absolute atomic E-state index is 0.0573. The van der Waals surface area contributed by atoms with Gasteiger partial charge in [0.05, 0.1) is 13.7 Å². The second-order valence-corrected chi connectivity index (χ2v) is 5.64. The second kappa shape index (κ2) is 7.02. The van der Waals surface area contributed by atoms with Crippen LogP contribution in [0.1, 0.15) is 31.9 Å². The molecule has 0 saturated carbocycles. The van der Waals surface area contributed by atoms with Gasteiger partial charge in [-0.05, 0) is 39.4 Å². The van der Waals surface area contributed by atoms with Crippen molar-refractivity contribution in [3.63, 3.8) is 0 Å². The van der Waals surface area contributed by atoms with Crippen molar-refractivity contribution in [2.45, 2.75) is 31.8 Å². The number of hydrogen-bond donors (Lipinski definition) is 2. The van der Waals surface area contributed by atoms with Crippen molar-refractivity contribution in [3.8, 4) is 5.75 Å². The number of methoxy groups -OCH3 is 1. The van der Waals surface area contributed by atoms with Crippen molar-refractivity contribution in [1.82, 2.24) is 4.90 Å². The van der Waals surface area contributed by atoms with Gasteiger partial charge in [0.15, 0.2) is 0 Å². The van der Waals surface area contributed by atoms with Crippen LogP contribution >= 0.6 is 0 Å². The van der Waals surface area contributed by atoms with Crippen molar-refractivity contribution in [2.75, 3.05) is 27.3 Å². The molecule has 4 nitrogen and oxygen atoms in total. The lowest BCUT2D eigenvalue weighted by atomic mass is 10.00. The number of hydrogen-bond acceptors (Lipinski definition) is 4. The fourth-order valence-electron chi connectivity index (χ4n) is 1.96. The normalized spacial score (nSPS) is 13.6. The molecule has 0 fully saturated rings. The first kappa shape index (κ1) is 16.9. The molecule has 0 aliphatic carbocycles. The summed E-state index contributed by atoms with van der Waals surface area (Å²) in [6, 6.07) is 4.26. The van der Waals surface area contributed by atoms with Gasteiger partial charge in [0.1, 0.15) is 11.6 Å². The van der Waals surface area contributed by atoms with Gasteiger partial charge >= 0.3 is 0 Å². The average molecular weight is 284 g/mol. The number of nitrogens with zero attached hydrogens (tertiary/aromatic N) is 1. The molecular formula is C15H25FN2O2. The zero-order chi connectivity index (χ0) is 15.3. The molecular weight excluding hydrogens is 259 g/mol. The van der Waals surface area contributed by atoms with Crippen molar-refractivity contribution in [2.24, 2.45) is 5.73 Å². The molecule has 0 aliphatic rings. The van der Waals surface area contributed by atoms with Crippen molar-refractivity contribution in [1.29, 1.82) is 0 Å². The highest BCUT2D eigenvalue weighted by Crippen LogP contribution is 2.28. The molecule has 5 heteroatoms. The lowest BCUT2D eigenvalue weighted by Crippen LogP contribution is -2.45. The number of rotatable bonds is 7. The molecule has 1 aromatic rings. The Morgan fingerprint density at radius 1 is 1.45 bits per heavy atom. The van der Waals surface area contributed by atoms with Gasteiger partial charge in [0.2, 0.25) is 0 Å². The smallest absolute Gasteiger partial charge is 0.131 e. The molecule has 0 saturated heterocycles. The van der Waals surface area contributed by atoms with E-state index in [1.54, 1.807) is 12.1 Å². The van der Waals surface area contributed by atoms with Crippen molar-refractivity contribution in [3.05, 3.63) is 29.6 Å². The lowest BCUT2D eigenvalue weighted by molar-refractivity contribution is 0.0766. The van der Waals surface area contributed by atoms with E-state index < -0.39 is 6.04 Å². The molecule has 0 heterocycles. The highest BCUT2D eigenvalue weighted by atomic mass is 19.1. The molecule has 1 rings (SSSR count). The molecule has 20 heavy (non-hydrogen) atoms. The van der Waals surface area contributed by atoms with Crippen LogP contribution in [-0.2, 0) is 0 Å². The number of likely N-dealkylation sites (N-methyl/N-ethyl adjacent to an activating group) is 1. The third-order valence-corrected chi connectivity index (χ3v) is 3.80. The van der Waals surface area contributed by atoms with Crippen LogP contribution in [0.15, 0.2) is 18.2 Å². The Balaban J connectivity index is 2.75. The van der Waals surface area contributed by atoms with Crippen molar-refractivity contribution >= 4 is 0 Å². The van der Waals surface area contributed by atoms with E-state index in [1.165, 1.54) is 13.2 Å². The van der Waals surface area contributed by atoms with E-state index in [2.05, 4.69) is 0 Å². The zero-order valence-corrected chi connectivity index (χ0v) is 12.7. The first-order valence-electron chi connectivity index (χ1n) is 6.73. The lowest BCUT2D eigenvalue weighted by Gasteiger charge is -2.34. The topological polar surface area (TPSA) is 58.7 Å². The summed E-state index contributed by atoms with van der Waals surface area (Å²) in [6.07, 6.45) is 0.581. The fourth-order valence-corrected chi connectivity index (χ4v) is 1.96. The van der Waals surface area contributed by atoms with Gasteiger partial charge in [-0.1, -0.05) is 6.07 Å².